The maximum atomic E-state index is 13.9. The van der Waals surface area contributed by atoms with Gasteiger partial charge in [-0.1, -0.05) is 54.6 Å². The number of benzene rings is 3. The van der Waals surface area contributed by atoms with Gasteiger partial charge in [0.15, 0.2) is 0 Å². The van der Waals surface area contributed by atoms with E-state index in [0.29, 0.717) is 17.1 Å². The molecule has 0 saturated carbocycles. The lowest BCUT2D eigenvalue weighted by Gasteiger charge is -2.36. The lowest BCUT2D eigenvalue weighted by atomic mass is 9.80. The minimum Gasteiger partial charge on any atom is -0.428 e. The van der Waals surface area contributed by atoms with Gasteiger partial charge in [0.05, 0.1) is 17.1 Å². The molecule has 1 heterocycles. The predicted molar refractivity (Wildman–Crippen MR) is 159 cm³/mol. The van der Waals surface area contributed by atoms with E-state index in [2.05, 4.69) is 48.3 Å². The van der Waals surface area contributed by atoms with E-state index in [1.165, 1.54) is 19.1 Å². The third-order valence-electron chi connectivity index (χ3n) is 6.12. The van der Waals surface area contributed by atoms with E-state index >= 15 is 0 Å². The van der Waals surface area contributed by atoms with Crippen LogP contribution in [-0.2, 0) is 16.8 Å². The van der Waals surface area contributed by atoms with Crippen molar-refractivity contribution in [1.82, 2.24) is 10.3 Å². The Balaban J connectivity index is 1.84. The van der Waals surface area contributed by atoms with Crippen LogP contribution >= 0.6 is 22.6 Å². The van der Waals surface area contributed by atoms with Crippen LogP contribution in [0.3, 0.4) is 0 Å². The molecule has 3 aromatic carbocycles. The molecular weight excluding hydrogens is 667 g/mol. The van der Waals surface area contributed by atoms with E-state index in [-0.39, 0.29) is 17.9 Å². The van der Waals surface area contributed by atoms with Crippen LogP contribution in [-0.4, -0.2) is 29.5 Å². The van der Waals surface area contributed by atoms with Crippen molar-refractivity contribution in [2.75, 3.05) is 10.6 Å². The van der Waals surface area contributed by atoms with Gasteiger partial charge in [-0.2, -0.15) is 17.6 Å². The van der Waals surface area contributed by atoms with Crippen LogP contribution < -0.4 is 20.7 Å². The van der Waals surface area contributed by atoms with Crippen LogP contribution in [0.25, 0.3) is 0 Å². The van der Waals surface area contributed by atoms with E-state index in [1.54, 1.807) is 60.8 Å². The Kier molecular flexibility index (Phi) is 9.66. The molecule has 7 nitrogen and oxygen atoms in total. The number of carbonyl (C=O) groups excluding carboxylic acids is 2. The number of urea groups is 1. The molecule has 42 heavy (non-hydrogen) atoms. The number of pyridine rings is 1. The number of hydrogen-bond acceptors (Lipinski definition) is 4. The van der Waals surface area contributed by atoms with Crippen molar-refractivity contribution in [2.24, 2.45) is 0 Å². The molecule has 0 radical (unpaired) electrons. The standard InChI is InChI=1S/C30H25F4IN4O3/c1-19(40)37-24-12-5-6-13-25(24)38-28(41)39-29(17-20-8-3-2-4-9-20,26-15-14-22(35)18-36-26)21-10-7-11-23(16-21)42-30(33,34)27(31)32/h2-16,18,27H,17H2,1H3,(H,37,40)(H2,38,39,41)/t29-/m1/s1. The maximum Gasteiger partial charge on any atom is 0.461 e. The summed E-state index contributed by atoms with van der Waals surface area (Å²) in [6.45, 7) is 1.33. The molecule has 1 atom stereocenters. The van der Waals surface area contributed by atoms with Crippen molar-refractivity contribution in [3.05, 3.63) is 118 Å². The third kappa shape index (κ3) is 7.55. The first kappa shape index (κ1) is 30.8. The van der Waals surface area contributed by atoms with Gasteiger partial charge in [-0.3, -0.25) is 9.78 Å². The molecule has 1 aromatic heterocycles. The summed E-state index contributed by atoms with van der Waals surface area (Å²) in [4.78, 5) is 29.9. The smallest absolute Gasteiger partial charge is 0.428 e. The lowest BCUT2D eigenvalue weighted by Crippen LogP contribution is -2.50. The summed E-state index contributed by atoms with van der Waals surface area (Å²) in [5, 5.41) is 8.33. The van der Waals surface area contributed by atoms with Crippen LogP contribution in [0.5, 0.6) is 5.75 Å². The fourth-order valence-corrected chi connectivity index (χ4v) is 4.64. The van der Waals surface area contributed by atoms with E-state index in [4.69, 9.17) is 0 Å². The molecule has 0 aliphatic rings. The molecule has 4 rings (SSSR count). The summed E-state index contributed by atoms with van der Waals surface area (Å²) in [5.74, 6) is -0.873. The zero-order valence-corrected chi connectivity index (χ0v) is 24.2. The highest BCUT2D eigenvalue weighted by atomic mass is 127. The van der Waals surface area contributed by atoms with Crippen molar-refractivity contribution in [3.8, 4) is 5.75 Å². The van der Waals surface area contributed by atoms with Gasteiger partial charge in [0, 0.05) is 23.1 Å². The van der Waals surface area contributed by atoms with E-state index in [9.17, 15) is 27.2 Å². The number of hydrogen-bond donors (Lipinski definition) is 3. The molecule has 3 N–H and O–H groups in total. The molecule has 0 bridgehead atoms. The van der Waals surface area contributed by atoms with Gasteiger partial charge in [-0.15, -0.1) is 0 Å². The number of nitrogens with one attached hydrogen (secondary N) is 3. The zero-order valence-electron chi connectivity index (χ0n) is 22.1. The van der Waals surface area contributed by atoms with Crippen molar-refractivity contribution < 1.29 is 31.9 Å². The summed E-state index contributed by atoms with van der Waals surface area (Å²) in [6, 6.07) is 23.5. The second-order valence-corrected chi connectivity index (χ2v) is 10.5. The number of halogens is 5. The number of ether oxygens (including phenoxy) is 1. The molecule has 0 saturated heterocycles. The summed E-state index contributed by atoms with van der Waals surface area (Å²) in [5.41, 5.74) is 0.482. The molecule has 0 unspecified atom stereocenters. The van der Waals surface area contributed by atoms with Gasteiger partial charge >= 0.3 is 18.6 Å². The first-order valence-corrected chi connectivity index (χ1v) is 13.6. The molecule has 0 aliphatic carbocycles. The summed E-state index contributed by atoms with van der Waals surface area (Å²) in [7, 11) is 0. The van der Waals surface area contributed by atoms with Gasteiger partial charge in [0.2, 0.25) is 5.91 Å². The second-order valence-electron chi connectivity index (χ2n) is 9.23. The fourth-order valence-electron chi connectivity index (χ4n) is 4.32. The number of amides is 3. The van der Waals surface area contributed by atoms with Crippen molar-refractivity contribution in [3.63, 3.8) is 0 Å². The highest BCUT2D eigenvalue weighted by Gasteiger charge is 2.44. The van der Waals surface area contributed by atoms with E-state index < -0.39 is 29.9 Å². The van der Waals surface area contributed by atoms with Gasteiger partial charge in [0.1, 0.15) is 11.3 Å². The first-order chi connectivity index (χ1) is 20.0. The SMILES string of the molecule is CC(=O)Nc1ccccc1NC(=O)N[C@](Cc1ccccc1)(c1cccc(OC(F)(F)C(F)F)c1)c1ccc(I)cn1. The molecule has 12 heteroatoms. The maximum absolute atomic E-state index is 13.9. The lowest BCUT2D eigenvalue weighted by molar-refractivity contribution is -0.253. The van der Waals surface area contributed by atoms with E-state index in [1.807, 2.05) is 18.2 Å². The van der Waals surface area contributed by atoms with Crippen LogP contribution in [0.2, 0.25) is 0 Å². The van der Waals surface area contributed by atoms with E-state index in [0.717, 1.165) is 15.2 Å². The molecule has 218 valence electrons. The highest BCUT2D eigenvalue weighted by Crippen LogP contribution is 2.36. The zero-order chi connectivity index (χ0) is 30.3. The Morgan fingerprint density at radius 3 is 2.19 bits per heavy atom. The molecular formula is C30H25F4IN4O3. The molecule has 3 amide bonds. The minimum atomic E-state index is -4.74. The number of nitrogens with zero attached hydrogens (tertiary/aromatic N) is 1. The Hall–Kier alpha value is -4.20. The van der Waals surface area contributed by atoms with Crippen LogP contribution in [0.15, 0.2) is 97.2 Å². The van der Waals surface area contributed by atoms with Crippen LogP contribution in [0, 0.1) is 3.57 Å². The molecule has 4 aromatic rings. The monoisotopic (exact) mass is 692 g/mol. The second kappa shape index (κ2) is 13.2. The average molecular weight is 692 g/mol. The topological polar surface area (TPSA) is 92.4 Å². The number of para-hydroxylation sites is 2. The fraction of sp³-hybridized carbons (Fsp3) is 0.167. The van der Waals surface area contributed by atoms with Crippen LogP contribution in [0.1, 0.15) is 23.7 Å². The minimum absolute atomic E-state index is 0.0941. The quantitative estimate of drug-likeness (QED) is 0.121. The van der Waals surface area contributed by atoms with Gasteiger partial charge in [-0.05, 0) is 70.1 Å². The largest absolute Gasteiger partial charge is 0.461 e. The number of anilines is 2. The summed E-state index contributed by atoms with van der Waals surface area (Å²) >= 11 is 2.07. The molecule has 0 aliphatic heterocycles. The Labute approximate surface area is 252 Å². The normalized spacial score (nSPS) is 12.7. The van der Waals surface area contributed by atoms with Crippen molar-refractivity contribution >= 4 is 45.9 Å². The van der Waals surface area contributed by atoms with Gasteiger partial charge in [-0.25, -0.2) is 4.79 Å². The number of carbonyl (C=O) groups is 2. The average Bonchev–Trinajstić information content (AvgIpc) is 2.94. The number of rotatable bonds is 10. The van der Waals surface area contributed by atoms with Gasteiger partial charge < -0.3 is 20.7 Å². The van der Waals surface area contributed by atoms with Crippen molar-refractivity contribution in [1.29, 1.82) is 0 Å². The van der Waals surface area contributed by atoms with Crippen molar-refractivity contribution in [2.45, 2.75) is 31.4 Å². The first-order valence-electron chi connectivity index (χ1n) is 12.6. The highest BCUT2D eigenvalue weighted by molar-refractivity contribution is 14.1. The Morgan fingerprint density at radius 2 is 1.57 bits per heavy atom. The number of aromatic nitrogens is 1. The molecule has 0 spiro atoms. The summed E-state index contributed by atoms with van der Waals surface area (Å²) < 4.78 is 58.8. The summed E-state index contributed by atoms with van der Waals surface area (Å²) in [6.07, 6.45) is -7.12. The Morgan fingerprint density at radius 1 is 0.905 bits per heavy atom. The number of alkyl halides is 4. The predicted octanol–water partition coefficient (Wildman–Crippen LogP) is 7.19. The van der Waals surface area contributed by atoms with Crippen LogP contribution in [0.4, 0.5) is 33.7 Å². The Bertz CT molecular complexity index is 1540. The van der Waals surface area contributed by atoms with Gasteiger partial charge in [0.25, 0.3) is 0 Å². The third-order valence-corrected chi connectivity index (χ3v) is 6.76. The molecule has 0 fully saturated rings.